The fourth-order valence-corrected chi connectivity index (χ4v) is 3.14. The summed E-state index contributed by atoms with van der Waals surface area (Å²) in [6.07, 6.45) is 0.920. The first-order valence-corrected chi connectivity index (χ1v) is 9.89. The molecule has 0 fully saturated rings. The number of carbonyl (C=O) groups excluding carboxylic acids is 1. The molecule has 164 valence electrons. The summed E-state index contributed by atoms with van der Waals surface area (Å²) < 4.78 is 29.3. The molecule has 0 spiro atoms. The van der Waals surface area contributed by atoms with Gasteiger partial charge in [-0.15, -0.1) is 0 Å². The fourth-order valence-electron chi connectivity index (χ4n) is 2.93. The number of nitrogens with zero attached hydrogens (tertiary/aromatic N) is 3. The monoisotopic (exact) mass is 458 g/mol. The van der Waals surface area contributed by atoms with Gasteiger partial charge in [-0.1, -0.05) is 29.8 Å². The van der Waals surface area contributed by atoms with Gasteiger partial charge >= 0.3 is 11.7 Å². The molecule has 1 aromatic carbocycles. The number of pyridine rings is 2. The van der Waals surface area contributed by atoms with E-state index in [0.29, 0.717) is 9.75 Å². The maximum absolute atomic E-state index is 14.4. The molecule has 0 unspecified atom stereocenters. The maximum Gasteiger partial charge on any atom is 0.325 e. The van der Waals surface area contributed by atoms with E-state index in [4.69, 9.17) is 11.6 Å². The molecule has 0 saturated heterocycles. The largest absolute Gasteiger partial charge is 0.352 e. The van der Waals surface area contributed by atoms with E-state index < -0.39 is 24.1 Å². The molecule has 0 aliphatic rings. The molecule has 3 N–H and O–H groups in total. The van der Waals surface area contributed by atoms with E-state index in [1.54, 1.807) is 24.3 Å². The smallest absolute Gasteiger partial charge is 0.325 e. The first-order chi connectivity index (χ1) is 15.3. The molecule has 7 nitrogen and oxygen atoms in total. The normalized spacial score (nSPS) is 10.9. The van der Waals surface area contributed by atoms with Gasteiger partial charge < -0.3 is 10.5 Å². The molecular formula is C22H19ClF2N5O2+. The summed E-state index contributed by atoms with van der Waals surface area (Å²) in [5.74, 6) is -3.88. The van der Waals surface area contributed by atoms with Crippen molar-refractivity contribution in [2.24, 2.45) is 0 Å². The Labute approximate surface area is 187 Å². The number of nitriles is 1. The van der Waals surface area contributed by atoms with E-state index in [1.807, 2.05) is 6.07 Å². The number of rotatable bonds is 8. The van der Waals surface area contributed by atoms with Crippen molar-refractivity contribution in [3.05, 3.63) is 88.3 Å². The summed E-state index contributed by atoms with van der Waals surface area (Å²) in [4.78, 5) is 16.0. The highest BCUT2D eigenvalue weighted by Gasteiger charge is 2.36. The molecule has 0 aliphatic carbocycles. The minimum atomic E-state index is -3.31. The Morgan fingerprint density at radius 1 is 1.22 bits per heavy atom. The Bertz CT molecular complexity index is 1150. The topological polar surface area (TPSA) is 102 Å². The number of aromatic nitrogens is 2. The number of hydrogen-bond acceptors (Lipinski definition) is 5. The van der Waals surface area contributed by atoms with E-state index in [0.717, 1.165) is 5.56 Å². The summed E-state index contributed by atoms with van der Waals surface area (Å²) in [6.45, 7) is -0.655. The zero-order chi connectivity index (χ0) is 23.1. The van der Waals surface area contributed by atoms with Crippen molar-refractivity contribution < 1.29 is 23.5 Å². The summed E-state index contributed by atoms with van der Waals surface area (Å²) in [5.41, 5.74) is 0.344. The van der Waals surface area contributed by atoms with Gasteiger partial charge in [-0.05, 0) is 40.6 Å². The second-order valence-corrected chi connectivity index (χ2v) is 7.30. The van der Waals surface area contributed by atoms with Crippen molar-refractivity contribution in [3.63, 3.8) is 0 Å². The van der Waals surface area contributed by atoms with Gasteiger partial charge in [0, 0.05) is 23.8 Å². The van der Waals surface area contributed by atoms with Crippen molar-refractivity contribution in [1.82, 2.24) is 10.3 Å². The maximum atomic E-state index is 14.4. The molecule has 3 aromatic rings. The highest BCUT2D eigenvalue weighted by atomic mass is 35.5. The highest BCUT2D eigenvalue weighted by Crippen LogP contribution is 2.26. The second kappa shape index (κ2) is 10.0. The highest BCUT2D eigenvalue weighted by molar-refractivity contribution is 6.30. The van der Waals surface area contributed by atoms with Crippen molar-refractivity contribution in [2.45, 2.75) is 18.9 Å². The first-order valence-electron chi connectivity index (χ1n) is 9.52. The minimum absolute atomic E-state index is 0.0347. The number of amides is 1. The molecule has 0 aliphatic heterocycles. The van der Waals surface area contributed by atoms with Crippen LogP contribution in [0.4, 0.5) is 14.6 Å². The van der Waals surface area contributed by atoms with Gasteiger partial charge in [-0.3, -0.25) is 15.1 Å². The summed E-state index contributed by atoms with van der Waals surface area (Å²) in [6, 6.07) is 15.6. The number of halogens is 3. The zero-order valence-corrected chi connectivity index (χ0v) is 17.5. The molecule has 3 rings (SSSR count). The third kappa shape index (κ3) is 5.68. The molecule has 0 saturated carbocycles. The number of hydrogen-bond donors (Lipinski definition) is 3. The SMILES string of the molecule is N#Cc1ccc(NCC(F)(F)c2ccccn2)[n+](O)c1CC(=O)NCc1cccc(Cl)c1. The van der Waals surface area contributed by atoms with Crippen molar-refractivity contribution >= 4 is 23.3 Å². The number of benzene rings is 1. The van der Waals surface area contributed by atoms with Crippen LogP contribution in [0.15, 0.2) is 60.8 Å². The molecule has 0 bridgehead atoms. The van der Waals surface area contributed by atoms with Crippen LogP contribution >= 0.6 is 11.6 Å². The van der Waals surface area contributed by atoms with Crippen LogP contribution in [-0.2, 0) is 23.7 Å². The van der Waals surface area contributed by atoms with Gasteiger partial charge in [0.25, 0.3) is 0 Å². The van der Waals surface area contributed by atoms with E-state index in [1.165, 1.54) is 36.5 Å². The predicted molar refractivity (Wildman–Crippen MR) is 112 cm³/mol. The van der Waals surface area contributed by atoms with Crippen LogP contribution in [0, 0.1) is 11.3 Å². The lowest BCUT2D eigenvalue weighted by molar-refractivity contribution is -0.898. The van der Waals surface area contributed by atoms with E-state index in [2.05, 4.69) is 15.6 Å². The molecule has 32 heavy (non-hydrogen) atoms. The van der Waals surface area contributed by atoms with Gasteiger partial charge in [-0.25, -0.2) is 0 Å². The molecule has 1 amide bonds. The number of nitrogens with one attached hydrogen (secondary N) is 2. The third-order valence-corrected chi connectivity index (χ3v) is 4.80. The minimum Gasteiger partial charge on any atom is -0.352 e. The average molecular weight is 459 g/mol. The zero-order valence-electron chi connectivity index (χ0n) is 16.7. The van der Waals surface area contributed by atoms with Gasteiger partial charge in [0.2, 0.25) is 5.91 Å². The van der Waals surface area contributed by atoms with Crippen molar-refractivity contribution in [1.29, 1.82) is 5.26 Å². The lowest BCUT2D eigenvalue weighted by atomic mass is 10.1. The van der Waals surface area contributed by atoms with Gasteiger partial charge in [0.15, 0.2) is 12.2 Å². The van der Waals surface area contributed by atoms with Crippen LogP contribution in [0.2, 0.25) is 5.02 Å². The third-order valence-electron chi connectivity index (χ3n) is 4.56. The lowest BCUT2D eigenvalue weighted by Crippen LogP contribution is -2.43. The van der Waals surface area contributed by atoms with Crippen LogP contribution in [0.5, 0.6) is 0 Å². The van der Waals surface area contributed by atoms with Crippen LogP contribution in [0.25, 0.3) is 0 Å². The van der Waals surface area contributed by atoms with Crippen molar-refractivity contribution in [3.8, 4) is 6.07 Å². The molecule has 0 atom stereocenters. The molecule has 10 heteroatoms. The Hall–Kier alpha value is -3.77. The molecule has 2 heterocycles. The Morgan fingerprint density at radius 2 is 2.03 bits per heavy atom. The second-order valence-electron chi connectivity index (χ2n) is 6.86. The predicted octanol–water partition coefficient (Wildman–Crippen LogP) is 3.19. The Kier molecular flexibility index (Phi) is 7.18. The quantitative estimate of drug-likeness (QED) is 0.355. The molecule has 0 radical (unpaired) electrons. The van der Waals surface area contributed by atoms with Gasteiger partial charge in [0.1, 0.15) is 11.8 Å². The molecule has 2 aromatic heterocycles. The van der Waals surface area contributed by atoms with Crippen LogP contribution < -0.4 is 15.4 Å². The van der Waals surface area contributed by atoms with E-state index in [9.17, 15) is 24.0 Å². The summed E-state index contributed by atoms with van der Waals surface area (Å²) in [7, 11) is 0. The van der Waals surface area contributed by atoms with E-state index in [-0.39, 0.29) is 30.0 Å². The van der Waals surface area contributed by atoms with Crippen molar-refractivity contribution in [2.75, 3.05) is 11.9 Å². The van der Waals surface area contributed by atoms with Crippen LogP contribution in [-0.4, -0.2) is 22.6 Å². The van der Waals surface area contributed by atoms with Crippen LogP contribution in [0.3, 0.4) is 0 Å². The van der Waals surface area contributed by atoms with Gasteiger partial charge in [0.05, 0.1) is 12.0 Å². The average Bonchev–Trinajstić information content (AvgIpc) is 2.79. The van der Waals surface area contributed by atoms with Gasteiger partial charge in [-0.2, -0.15) is 14.0 Å². The Morgan fingerprint density at radius 3 is 2.72 bits per heavy atom. The summed E-state index contributed by atoms with van der Waals surface area (Å²) >= 11 is 5.92. The number of alkyl halides is 2. The fraction of sp³-hybridized carbons (Fsp3) is 0.182. The molecular weight excluding hydrogens is 440 g/mol. The number of anilines is 1. The Balaban J connectivity index is 1.71. The number of carbonyl (C=O) groups is 1. The summed E-state index contributed by atoms with van der Waals surface area (Å²) in [5, 5.41) is 25.5. The standard InChI is InChI=1S/C22H18ClF2N5O2/c23-17-5-3-4-15(10-17)13-28-21(31)11-18-16(12-26)7-8-20(30(18)32)29-14-22(24,25)19-6-1-2-9-27-19/h1-10,32H,11,13-14H2,(H,28,31)/p+1. The first kappa shape index (κ1) is 22.9. The van der Waals surface area contributed by atoms with E-state index >= 15 is 0 Å². The lowest BCUT2D eigenvalue weighted by Gasteiger charge is -2.14. The van der Waals surface area contributed by atoms with Crippen LogP contribution in [0.1, 0.15) is 22.5 Å².